The number of ether oxygens (including phenoxy) is 1. The lowest BCUT2D eigenvalue weighted by Gasteiger charge is -2.26. The quantitative estimate of drug-likeness (QED) is 0.649. The average Bonchev–Trinajstić information content (AvgIpc) is 3.14. The molecule has 0 spiro atoms. The number of halogens is 1. The molecule has 2 heterocycles. The molecule has 148 valence electrons. The van der Waals surface area contributed by atoms with Gasteiger partial charge in [0.05, 0.1) is 30.2 Å². The van der Waals surface area contributed by atoms with Crippen LogP contribution in [0.2, 0.25) is 5.02 Å². The van der Waals surface area contributed by atoms with Crippen molar-refractivity contribution in [1.29, 1.82) is 0 Å². The molecule has 2 atom stereocenters. The predicted molar refractivity (Wildman–Crippen MR) is 115 cm³/mol. The van der Waals surface area contributed by atoms with Crippen molar-refractivity contribution in [2.45, 2.75) is 18.6 Å². The maximum Gasteiger partial charge on any atom is 0.160 e. The molecular formula is C20H21ClN2O3S2. The average molecular weight is 437 g/mol. The first-order chi connectivity index (χ1) is 13.5. The SMILES string of the molecule is O=S1(=O)C[C@@H]2[C@@H](C1)N=C(SCCOc1ccccc1)N2Cc1ccc(Cl)cc1. The Labute approximate surface area is 174 Å². The van der Waals surface area contributed by atoms with Crippen LogP contribution in [0.15, 0.2) is 59.6 Å². The molecule has 1 saturated heterocycles. The van der Waals surface area contributed by atoms with Crippen LogP contribution in [0.1, 0.15) is 5.56 Å². The van der Waals surface area contributed by atoms with Gasteiger partial charge in [-0.1, -0.05) is 53.7 Å². The van der Waals surface area contributed by atoms with E-state index in [4.69, 9.17) is 21.3 Å². The Hall–Kier alpha value is -1.70. The first-order valence-corrected chi connectivity index (χ1v) is 12.3. The fourth-order valence-corrected chi connectivity index (χ4v) is 6.42. The summed E-state index contributed by atoms with van der Waals surface area (Å²) in [7, 11) is -3.03. The summed E-state index contributed by atoms with van der Waals surface area (Å²) in [6.07, 6.45) is 0. The van der Waals surface area contributed by atoms with Crippen molar-refractivity contribution < 1.29 is 13.2 Å². The van der Waals surface area contributed by atoms with Crippen LogP contribution in [0.4, 0.5) is 0 Å². The van der Waals surface area contributed by atoms with Gasteiger partial charge in [0.2, 0.25) is 0 Å². The van der Waals surface area contributed by atoms with Gasteiger partial charge >= 0.3 is 0 Å². The fourth-order valence-electron chi connectivity index (χ4n) is 3.49. The number of aliphatic imine (C=N–C) groups is 1. The van der Waals surface area contributed by atoms with Crippen LogP contribution in [0.25, 0.3) is 0 Å². The Morgan fingerprint density at radius 1 is 1.11 bits per heavy atom. The predicted octanol–water partition coefficient (Wildman–Crippen LogP) is 3.49. The maximum absolute atomic E-state index is 12.1. The Kier molecular flexibility index (Phi) is 5.85. The first-order valence-electron chi connectivity index (χ1n) is 9.10. The van der Waals surface area contributed by atoms with Gasteiger partial charge in [-0.25, -0.2) is 8.42 Å². The minimum atomic E-state index is -3.03. The van der Waals surface area contributed by atoms with E-state index in [0.29, 0.717) is 18.2 Å². The number of hydrogen-bond donors (Lipinski definition) is 0. The number of benzene rings is 2. The van der Waals surface area contributed by atoms with Crippen LogP contribution in [0.3, 0.4) is 0 Å². The van der Waals surface area contributed by atoms with Crippen LogP contribution in [-0.2, 0) is 16.4 Å². The molecule has 5 nitrogen and oxygen atoms in total. The molecule has 28 heavy (non-hydrogen) atoms. The number of sulfone groups is 1. The highest BCUT2D eigenvalue weighted by atomic mass is 35.5. The van der Waals surface area contributed by atoms with Gasteiger partial charge in [-0.15, -0.1) is 0 Å². The van der Waals surface area contributed by atoms with Crippen molar-refractivity contribution in [2.75, 3.05) is 23.9 Å². The minimum absolute atomic E-state index is 0.0850. The van der Waals surface area contributed by atoms with E-state index in [2.05, 4.69) is 4.90 Å². The van der Waals surface area contributed by atoms with Crippen LogP contribution < -0.4 is 4.74 Å². The van der Waals surface area contributed by atoms with Gasteiger partial charge in [0, 0.05) is 17.3 Å². The fraction of sp³-hybridized carbons (Fsp3) is 0.350. The molecule has 0 bridgehead atoms. The molecule has 0 amide bonds. The molecule has 0 unspecified atom stereocenters. The van der Waals surface area contributed by atoms with E-state index in [1.165, 1.54) is 0 Å². The minimum Gasteiger partial charge on any atom is -0.493 e. The van der Waals surface area contributed by atoms with Crippen molar-refractivity contribution in [3.05, 3.63) is 65.2 Å². The molecular weight excluding hydrogens is 416 g/mol. The van der Waals surface area contributed by atoms with Crippen LogP contribution in [0, 0.1) is 0 Å². The van der Waals surface area contributed by atoms with E-state index in [-0.39, 0.29) is 23.6 Å². The lowest BCUT2D eigenvalue weighted by molar-refractivity contribution is 0.340. The van der Waals surface area contributed by atoms with Gasteiger partial charge in [-0.2, -0.15) is 0 Å². The number of thioether (sulfide) groups is 1. The third-order valence-corrected chi connectivity index (χ3v) is 7.73. The molecule has 0 N–H and O–H groups in total. The molecule has 0 radical (unpaired) electrons. The summed E-state index contributed by atoms with van der Waals surface area (Å²) in [6.45, 7) is 1.19. The lowest BCUT2D eigenvalue weighted by Crippen LogP contribution is -2.38. The number of amidine groups is 1. The van der Waals surface area contributed by atoms with Crippen molar-refractivity contribution in [1.82, 2.24) is 4.90 Å². The second-order valence-electron chi connectivity index (χ2n) is 6.89. The van der Waals surface area contributed by atoms with E-state index in [1.54, 1.807) is 11.8 Å². The molecule has 8 heteroatoms. The summed E-state index contributed by atoms with van der Waals surface area (Å²) >= 11 is 7.60. The van der Waals surface area contributed by atoms with E-state index >= 15 is 0 Å². The molecule has 0 aromatic heterocycles. The molecule has 0 saturated carbocycles. The van der Waals surface area contributed by atoms with Gasteiger partial charge < -0.3 is 9.64 Å². The molecule has 0 aliphatic carbocycles. The summed E-state index contributed by atoms with van der Waals surface area (Å²) in [4.78, 5) is 6.86. The normalized spacial score (nSPS) is 22.8. The zero-order chi connectivity index (χ0) is 19.6. The molecule has 2 aliphatic rings. The Morgan fingerprint density at radius 3 is 2.61 bits per heavy atom. The Bertz CT molecular complexity index is 949. The van der Waals surface area contributed by atoms with E-state index < -0.39 is 9.84 Å². The van der Waals surface area contributed by atoms with Gasteiger partial charge in [0.25, 0.3) is 0 Å². The molecule has 2 aromatic rings. The number of nitrogens with zero attached hydrogens (tertiary/aromatic N) is 2. The first kappa shape index (κ1) is 19.6. The van der Waals surface area contributed by atoms with Gasteiger partial charge in [-0.05, 0) is 29.8 Å². The van der Waals surface area contributed by atoms with Gasteiger partial charge in [0.15, 0.2) is 15.0 Å². The highest BCUT2D eigenvalue weighted by Gasteiger charge is 2.46. The largest absolute Gasteiger partial charge is 0.493 e. The smallest absolute Gasteiger partial charge is 0.160 e. The molecule has 2 aromatic carbocycles. The number of para-hydroxylation sites is 1. The summed E-state index contributed by atoms with van der Waals surface area (Å²) in [5, 5.41) is 1.59. The van der Waals surface area contributed by atoms with Crippen LogP contribution >= 0.6 is 23.4 Å². The van der Waals surface area contributed by atoms with Crippen molar-refractivity contribution in [3.63, 3.8) is 0 Å². The highest BCUT2D eigenvalue weighted by molar-refractivity contribution is 8.13. The third kappa shape index (κ3) is 4.64. The van der Waals surface area contributed by atoms with Crippen molar-refractivity contribution >= 4 is 38.4 Å². The topological polar surface area (TPSA) is 59.0 Å². The second kappa shape index (κ2) is 8.35. The van der Waals surface area contributed by atoms with Crippen molar-refractivity contribution in [2.24, 2.45) is 4.99 Å². The van der Waals surface area contributed by atoms with Crippen molar-refractivity contribution in [3.8, 4) is 5.75 Å². The second-order valence-corrected chi connectivity index (χ2v) is 10.5. The van der Waals surface area contributed by atoms with E-state index in [1.807, 2.05) is 54.6 Å². The number of fused-ring (bicyclic) bond motifs is 1. The van der Waals surface area contributed by atoms with E-state index in [0.717, 1.165) is 22.2 Å². The Morgan fingerprint density at radius 2 is 1.86 bits per heavy atom. The summed E-state index contributed by atoms with van der Waals surface area (Å²) < 4.78 is 29.9. The monoisotopic (exact) mass is 436 g/mol. The van der Waals surface area contributed by atoms with E-state index in [9.17, 15) is 8.42 Å². The van der Waals surface area contributed by atoms with Crippen LogP contribution in [0.5, 0.6) is 5.75 Å². The van der Waals surface area contributed by atoms with Crippen LogP contribution in [-0.4, -0.2) is 54.4 Å². The van der Waals surface area contributed by atoms with Gasteiger partial charge in [0.1, 0.15) is 5.75 Å². The lowest BCUT2D eigenvalue weighted by atomic mass is 10.1. The molecule has 2 aliphatic heterocycles. The molecule has 4 rings (SSSR count). The summed E-state index contributed by atoms with van der Waals surface area (Å²) in [5.74, 6) is 1.90. The summed E-state index contributed by atoms with van der Waals surface area (Å²) in [6, 6.07) is 17.1. The Balaban J connectivity index is 1.42. The summed E-state index contributed by atoms with van der Waals surface area (Å²) in [5.41, 5.74) is 1.09. The maximum atomic E-state index is 12.1. The standard InChI is InChI=1S/C20H21ClN2O3S2/c21-16-8-6-15(7-9-16)12-23-19-14-28(24,25)13-18(19)22-20(23)27-11-10-26-17-4-2-1-3-5-17/h1-9,18-19H,10-14H2/t18-,19-/m1/s1. The zero-order valence-electron chi connectivity index (χ0n) is 15.2. The number of hydrogen-bond acceptors (Lipinski definition) is 6. The third-order valence-electron chi connectivity index (χ3n) is 4.81. The highest BCUT2D eigenvalue weighted by Crippen LogP contribution is 2.32. The number of rotatable bonds is 6. The van der Waals surface area contributed by atoms with Gasteiger partial charge in [-0.3, -0.25) is 4.99 Å². The molecule has 1 fully saturated rings. The zero-order valence-corrected chi connectivity index (χ0v) is 17.6.